The molecule has 0 saturated heterocycles. The highest BCUT2D eigenvalue weighted by molar-refractivity contribution is 6.31. The zero-order chi connectivity index (χ0) is 18.2. The first-order valence-corrected chi connectivity index (χ1v) is 8.52. The summed E-state index contributed by atoms with van der Waals surface area (Å²) in [7, 11) is 1.35. The molecule has 0 aliphatic carbocycles. The second kappa shape index (κ2) is 9.23. The van der Waals surface area contributed by atoms with Crippen LogP contribution in [-0.2, 0) is 27.3 Å². The van der Waals surface area contributed by atoms with Gasteiger partial charge in [-0.25, -0.2) is 0 Å². The Bertz CT molecular complexity index is 718. The molecular formula is C20H22ClNO3. The second-order valence-corrected chi connectivity index (χ2v) is 6.36. The number of esters is 1. The molecule has 0 aliphatic rings. The lowest BCUT2D eigenvalue weighted by molar-refractivity contribution is -0.146. The molecule has 25 heavy (non-hydrogen) atoms. The number of halogens is 1. The van der Waals surface area contributed by atoms with Crippen LogP contribution >= 0.6 is 11.6 Å². The molecule has 0 spiro atoms. The van der Waals surface area contributed by atoms with Gasteiger partial charge in [0.25, 0.3) is 0 Å². The first-order chi connectivity index (χ1) is 12.0. The lowest BCUT2D eigenvalue weighted by atomic mass is 10.1. The Morgan fingerprint density at radius 3 is 2.36 bits per heavy atom. The number of methoxy groups -OCH3 is 1. The van der Waals surface area contributed by atoms with Gasteiger partial charge < -0.3 is 9.64 Å². The van der Waals surface area contributed by atoms with Gasteiger partial charge in [-0.2, -0.15) is 0 Å². The highest BCUT2D eigenvalue weighted by Crippen LogP contribution is 2.19. The van der Waals surface area contributed by atoms with Gasteiger partial charge in [-0.3, -0.25) is 9.59 Å². The fraction of sp³-hybridized carbons (Fsp3) is 0.300. The average molecular weight is 360 g/mol. The van der Waals surface area contributed by atoms with Gasteiger partial charge in [0.2, 0.25) is 5.91 Å². The van der Waals surface area contributed by atoms with Crippen LogP contribution in [-0.4, -0.2) is 30.4 Å². The maximum Gasteiger partial charge on any atom is 0.310 e. The highest BCUT2D eigenvalue weighted by Gasteiger charge is 2.22. The van der Waals surface area contributed by atoms with Crippen LogP contribution in [0.5, 0.6) is 0 Å². The molecular weight excluding hydrogens is 338 g/mol. The highest BCUT2D eigenvalue weighted by atomic mass is 35.5. The van der Waals surface area contributed by atoms with Crippen LogP contribution in [0, 0.1) is 5.92 Å². The quantitative estimate of drug-likeness (QED) is 0.708. The summed E-state index contributed by atoms with van der Waals surface area (Å²) in [5.74, 6) is -0.800. The Kier molecular flexibility index (Phi) is 7.02. The van der Waals surface area contributed by atoms with Crippen molar-refractivity contribution in [3.63, 3.8) is 0 Å². The van der Waals surface area contributed by atoms with E-state index in [9.17, 15) is 9.59 Å². The largest absolute Gasteiger partial charge is 0.469 e. The number of nitrogens with zero attached hydrogens (tertiary/aromatic N) is 1. The molecule has 0 saturated carbocycles. The minimum absolute atomic E-state index is 0.0538. The number of rotatable bonds is 7. The molecule has 0 heterocycles. The number of carbonyl (C=O) groups excluding carboxylic acids is 2. The standard InChI is InChI=1S/C20H22ClNO3/c1-15(20(24)25-2)13-22(14-17-10-6-7-11-18(17)21)19(23)12-16-8-4-3-5-9-16/h3-11,15H,12-14H2,1-2H3. The Labute approximate surface area is 153 Å². The van der Waals surface area contributed by atoms with E-state index in [0.717, 1.165) is 11.1 Å². The van der Waals surface area contributed by atoms with Crippen LogP contribution in [0.15, 0.2) is 54.6 Å². The molecule has 2 rings (SSSR count). The van der Waals surface area contributed by atoms with Crippen LogP contribution in [0.3, 0.4) is 0 Å². The average Bonchev–Trinajstić information content (AvgIpc) is 2.62. The van der Waals surface area contributed by atoms with E-state index in [-0.39, 0.29) is 24.8 Å². The maximum absolute atomic E-state index is 12.8. The number of carbonyl (C=O) groups is 2. The summed E-state index contributed by atoms with van der Waals surface area (Å²) in [6, 6.07) is 16.9. The molecule has 2 aromatic carbocycles. The van der Waals surface area contributed by atoms with Crippen molar-refractivity contribution < 1.29 is 14.3 Å². The summed E-state index contributed by atoms with van der Waals surface area (Å²) in [5, 5.41) is 0.603. The first kappa shape index (κ1) is 19.0. The van der Waals surface area contributed by atoms with Crippen LogP contribution in [0.4, 0.5) is 0 Å². The van der Waals surface area contributed by atoms with Gasteiger partial charge in [0.05, 0.1) is 19.4 Å². The summed E-state index contributed by atoms with van der Waals surface area (Å²) < 4.78 is 4.78. The first-order valence-electron chi connectivity index (χ1n) is 8.14. The minimum atomic E-state index is -0.410. The summed E-state index contributed by atoms with van der Waals surface area (Å²) >= 11 is 6.23. The summed E-state index contributed by atoms with van der Waals surface area (Å²) in [6.07, 6.45) is 0.277. The molecule has 1 unspecified atom stereocenters. The van der Waals surface area contributed by atoms with Gasteiger partial charge in [-0.15, -0.1) is 0 Å². The molecule has 0 radical (unpaired) electrons. The number of hydrogen-bond donors (Lipinski definition) is 0. The van der Waals surface area contributed by atoms with Gasteiger partial charge in [-0.05, 0) is 17.2 Å². The molecule has 1 amide bonds. The SMILES string of the molecule is COC(=O)C(C)CN(Cc1ccccc1Cl)C(=O)Cc1ccccc1. The van der Waals surface area contributed by atoms with E-state index in [1.807, 2.05) is 48.5 Å². The lowest BCUT2D eigenvalue weighted by Gasteiger charge is -2.26. The molecule has 4 nitrogen and oxygen atoms in total. The van der Waals surface area contributed by atoms with E-state index in [1.54, 1.807) is 17.9 Å². The van der Waals surface area contributed by atoms with Crippen molar-refractivity contribution in [2.75, 3.05) is 13.7 Å². The molecule has 0 aromatic heterocycles. The third kappa shape index (κ3) is 5.61. The van der Waals surface area contributed by atoms with Crippen LogP contribution < -0.4 is 0 Å². The van der Waals surface area contributed by atoms with E-state index >= 15 is 0 Å². The van der Waals surface area contributed by atoms with Crippen molar-refractivity contribution in [3.8, 4) is 0 Å². The number of ether oxygens (including phenoxy) is 1. The zero-order valence-corrected chi connectivity index (χ0v) is 15.2. The molecule has 0 fully saturated rings. The van der Waals surface area contributed by atoms with Crippen molar-refractivity contribution in [3.05, 3.63) is 70.7 Å². The number of amides is 1. The predicted octanol–water partition coefficient (Wildman–Crippen LogP) is 3.72. The van der Waals surface area contributed by atoms with E-state index in [1.165, 1.54) is 7.11 Å². The minimum Gasteiger partial charge on any atom is -0.469 e. The van der Waals surface area contributed by atoms with Gasteiger partial charge in [0.15, 0.2) is 0 Å². The molecule has 5 heteroatoms. The fourth-order valence-corrected chi connectivity index (χ4v) is 2.77. The van der Waals surface area contributed by atoms with Crippen molar-refractivity contribution in [2.24, 2.45) is 5.92 Å². The Hall–Kier alpha value is -2.33. The maximum atomic E-state index is 12.8. The lowest BCUT2D eigenvalue weighted by Crippen LogP contribution is -2.37. The van der Waals surface area contributed by atoms with Crippen LogP contribution in [0.1, 0.15) is 18.1 Å². The summed E-state index contributed by atoms with van der Waals surface area (Å²) in [4.78, 5) is 26.2. The molecule has 0 N–H and O–H groups in total. The third-order valence-corrected chi connectivity index (χ3v) is 4.34. The van der Waals surface area contributed by atoms with Crippen molar-refractivity contribution in [2.45, 2.75) is 19.9 Å². The summed E-state index contributed by atoms with van der Waals surface area (Å²) in [6.45, 7) is 2.39. The van der Waals surface area contributed by atoms with Gasteiger partial charge in [0, 0.05) is 18.1 Å². The second-order valence-electron chi connectivity index (χ2n) is 5.95. The topological polar surface area (TPSA) is 46.6 Å². The fourth-order valence-electron chi connectivity index (χ4n) is 2.58. The van der Waals surface area contributed by atoms with Gasteiger partial charge in [0.1, 0.15) is 0 Å². The Morgan fingerprint density at radius 2 is 1.72 bits per heavy atom. The molecule has 1 atom stereocenters. The normalized spacial score (nSPS) is 11.6. The zero-order valence-electron chi connectivity index (χ0n) is 14.4. The predicted molar refractivity (Wildman–Crippen MR) is 98.2 cm³/mol. The van der Waals surface area contributed by atoms with Crippen LogP contribution in [0.25, 0.3) is 0 Å². The smallest absolute Gasteiger partial charge is 0.310 e. The van der Waals surface area contributed by atoms with Gasteiger partial charge >= 0.3 is 5.97 Å². The third-order valence-electron chi connectivity index (χ3n) is 3.97. The Morgan fingerprint density at radius 1 is 1.08 bits per heavy atom. The van der Waals surface area contributed by atoms with Crippen molar-refractivity contribution in [1.82, 2.24) is 4.90 Å². The molecule has 2 aromatic rings. The van der Waals surface area contributed by atoms with Crippen LogP contribution in [0.2, 0.25) is 5.02 Å². The van der Waals surface area contributed by atoms with Crippen molar-refractivity contribution in [1.29, 1.82) is 0 Å². The number of benzene rings is 2. The summed E-state index contributed by atoms with van der Waals surface area (Å²) in [5.41, 5.74) is 1.78. The molecule has 0 bridgehead atoms. The van der Waals surface area contributed by atoms with E-state index < -0.39 is 5.92 Å². The van der Waals surface area contributed by atoms with E-state index in [0.29, 0.717) is 11.6 Å². The monoisotopic (exact) mass is 359 g/mol. The number of hydrogen-bond acceptors (Lipinski definition) is 3. The van der Waals surface area contributed by atoms with E-state index in [2.05, 4.69) is 0 Å². The van der Waals surface area contributed by atoms with E-state index in [4.69, 9.17) is 16.3 Å². The molecule has 0 aliphatic heterocycles. The van der Waals surface area contributed by atoms with Crippen molar-refractivity contribution >= 4 is 23.5 Å². The Balaban J connectivity index is 2.17. The molecule has 132 valence electrons. The van der Waals surface area contributed by atoms with Gasteiger partial charge in [-0.1, -0.05) is 67.1 Å².